The molecule has 0 bridgehead atoms. The van der Waals surface area contributed by atoms with Crippen LogP contribution in [0.25, 0.3) is 0 Å². The number of carbonyl (C=O) groups is 2. The number of thiophene rings is 1. The molecule has 5 rings (SSSR count). The van der Waals surface area contributed by atoms with Crippen LogP contribution >= 0.6 is 11.3 Å². The lowest BCUT2D eigenvalue weighted by Gasteiger charge is -2.36. The van der Waals surface area contributed by atoms with Gasteiger partial charge in [-0.25, -0.2) is 0 Å². The van der Waals surface area contributed by atoms with Crippen LogP contribution in [0.1, 0.15) is 42.7 Å². The quantitative estimate of drug-likeness (QED) is 0.403. The van der Waals surface area contributed by atoms with Crippen LogP contribution in [0.4, 0.5) is 5.69 Å². The lowest BCUT2D eigenvalue weighted by Crippen LogP contribution is -2.37. The molecule has 2 heterocycles. The summed E-state index contributed by atoms with van der Waals surface area (Å²) in [4.78, 5) is 27.5. The fourth-order valence-corrected chi connectivity index (χ4v) is 6.08. The van der Waals surface area contributed by atoms with Crippen LogP contribution in [0.15, 0.2) is 81.8 Å². The van der Waals surface area contributed by atoms with Gasteiger partial charge >= 0.3 is 0 Å². The molecule has 0 spiro atoms. The standard InChI is InChI=1S/C30H30N2O5S/c1-17-27(30(34)32-21-7-5-6-8-24(21)35-2)28(19-11-12-38-16-19)29-22(31-17)13-20(14-23(29)33)18-9-10-25(36-3)26(15-18)37-4/h5-12,15-16,20,28,31H,13-14H2,1-4H3,(H,32,34)/t20-,28-/m1/s1. The number of methoxy groups -OCH3 is 3. The Hall–Kier alpha value is -4.04. The van der Waals surface area contributed by atoms with Gasteiger partial charge in [0, 0.05) is 34.9 Å². The highest BCUT2D eigenvalue weighted by atomic mass is 32.1. The molecule has 2 N–H and O–H groups in total. The Bertz CT molecular complexity index is 1440. The lowest BCUT2D eigenvalue weighted by molar-refractivity contribution is -0.116. The summed E-state index contributed by atoms with van der Waals surface area (Å²) in [7, 11) is 4.78. The summed E-state index contributed by atoms with van der Waals surface area (Å²) in [5, 5.41) is 10.4. The molecule has 1 aliphatic carbocycles. The SMILES string of the molecule is COc1ccccc1NC(=O)C1=C(C)NC2=C(C(=O)C[C@H](c3ccc(OC)c(OC)c3)C2)[C@@H]1c1ccsc1. The van der Waals surface area contributed by atoms with Gasteiger partial charge in [-0.1, -0.05) is 18.2 Å². The van der Waals surface area contributed by atoms with Crippen LogP contribution in [0.2, 0.25) is 0 Å². The van der Waals surface area contributed by atoms with E-state index in [2.05, 4.69) is 10.6 Å². The molecule has 0 fully saturated rings. The second-order valence-electron chi connectivity index (χ2n) is 9.34. The summed E-state index contributed by atoms with van der Waals surface area (Å²) >= 11 is 1.55. The van der Waals surface area contributed by atoms with Gasteiger partial charge in [-0.3, -0.25) is 9.59 Å². The highest BCUT2D eigenvalue weighted by Gasteiger charge is 2.41. The molecule has 8 heteroatoms. The number of nitrogens with one attached hydrogen (secondary N) is 2. The molecule has 1 aromatic heterocycles. The molecular formula is C30H30N2O5S. The van der Waals surface area contributed by atoms with E-state index in [9.17, 15) is 9.59 Å². The van der Waals surface area contributed by atoms with Gasteiger partial charge in [0.1, 0.15) is 5.75 Å². The van der Waals surface area contributed by atoms with E-state index in [1.54, 1.807) is 44.8 Å². The van der Waals surface area contributed by atoms with E-state index in [0.717, 1.165) is 22.5 Å². The Morgan fingerprint density at radius 2 is 1.71 bits per heavy atom. The lowest BCUT2D eigenvalue weighted by atomic mass is 9.72. The number of hydrogen-bond acceptors (Lipinski definition) is 7. The Balaban J connectivity index is 1.51. The van der Waals surface area contributed by atoms with Crippen molar-refractivity contribution in [1.82, 2.24) is 5.32 Å². The van der Waals surface area contributed by atoms with Crippen molar-refractivity contribution in [1.29, 1.82) is 0 Å². The minimum absolute atomic E-state index is 0.0200. The molecule has 38 heavy (non-hydrogen) atoms. The molecule has 0 saturated heterocycles. The zero-order valence-corrected chi connectivity index (χ0v) is 22.6. The molecule has 1 amide bonds. The number of para-hydroxylation sites is 2. The predicted octanol–water partition coefficient (Wildman–Crippen LogP) is 5.77. The smallest absolute Gasteiger partial charge is 0.254 e. The van der Waals surface area contributed by atoms with Crippen molar-refractivity contribution in [2.24, 2.45) is 0 Å². The monoisotopic (exact) mass is 530 g/mol. The van der Waals surface area contributed by atoms with Crippen molar-refractivity contribution in [3.63, 3.8) is 0 Å². The summed E-state index contributed by atoms with van der Waals surface area (Å²) in [6.07, 6.45) is 0.993. The molecule has 3 aromatic rings. The molecule has 2 aromatic carbocycles. The number of ketones is 1. The number of carbonyl (C=O) groups excluding carboxylic acids is 2. The molecule has 7 nitrogen and oxygen atoms in total. The van der Waals surface area contributed by atoms with E-state index in [1.807, 2.05) is 54.1 Å². The molecule has 1 aliphatic heterocycles. The third-order valence-electron chi connectivity index (χ3n) is 7.18. The van der Waals surface area contributed by atoms with Crippen LogP contribution in [0, 0.1) is 0 Å². The third kappa shape index (κ3) is 4.67. The molecule has 0 saturated carbocycles. The van der Waals surface area contributed by atoms with Crippen molar-refractivity contribution in [2.45, 2.75) is 31.6 Å². The van der Waals surface area contributed by atoms with Crippen molar-refractivity contribution < 1.29 is 23.8 Å². The summed E-state index contributed by atoms with van der Waals surface area (Å²) in [5.74, 6) is 1.15. The Morgan fingerprint density at radius 3 is 2.42 bits per heavy atom. The Kier molecular flexibility index (Phi) is 7.24. The summed E-state index contributed by atoms with van der Waals surface area (Å²) in [6, 6.07) is 15.1. The van der Waals surface area contributed by atoms with Crippen LogP contribution in [0.5, 0.6) is 17.2 Å². The van der Waals surface area contributed by atoms with Gasteiger partial charge in [-0.2, -0.15) is 11.3 Å². The number of Topliss-reactive ketones (excluding diaryl/α,β-unsaturated/α-hetero) is 1. The predicted molar refractivity (Wildman–Crippen MR) is 148 cm³/mol. The van der Waals surface area contributed by atoms with E-state index < -0.39 is 5.92 Å². The van der Waals surface area contributed by atoms with Crippen molar-refractivity contribution in [3.8, 4) is 17.2 Å². The summed E-state index contributed by atoms with van der Waals surface area (Å²) in [5.41, 5.74) is 5.32. The van der Waals surface area contributed by atoms with Crippen molar-refractivity contribution in [2.75, 3.05) is 26.6 Å². The minimum atomic E-state index is -0.453. The van der Waals surface area contributed by atoms with Crippen molar-refractivity contribution in [3.05, 3.63) is 93.0 Å². The Labute approximate surface area is 226 Å². The van der Waals surface area contributed by atoms with Crippen LogP contribution in [-0.4, -0.2) is 33.0 Å². The first-order valence-electron chi connectivity index (χ1n) is 12.4. The average Bonchev–Trinajstić information content (AvgIpc) is 3.46. The maximum Gasteiger partial charge on any atom is 0.254 e. The van der Waals surface area contributed by atoms with Crippen LogP contribution in [0.3, 0.4) is 0 Å². The topological polar surface area (TPSA) is 85.9 Å². The largest absolute Gasteiger partial charge is 0.495 e. The zero-order valence-electron chi connectivity index (χ0n) is 21.8. The number of amides is 1. The third-order valence-corrected chi connectivity index (χ3v) is 7.88. The van der Waals surface area contributed by atoms with E-state index in [0.29, 0.717) is 46.9 Å². The molecule has 2 atom stereocenters. The average molecular weight is 531 g/mol. The first kappa shape index (κ1) is 25.6. The Morgan fingerprint density at radius 1 is 0.947 bits per heavy atom. The number of rotatable bonds is 7. The van der Waals surface area contributed by atoms with E-state index >= 15 is 0 Å². The number of benzene rings is 2. The number of hydrogen-bond donors (Lipinski definition) is 2. The zero-order chi connectivity index (χ0) is 26.8. The molecular weight excluding hydrogens is 500 g/mol. The number of allylic oxidation sites excluding steroid dienone is 3. The summed E-state index contributed by atoms with van der Waals surface area (Å²) in [6.45, 7) is 1.89. The molecule has 0 unspecified atom stereocenters. The molecule has 0 radical (unpaired) electrons. The normalized spacial score (nSPS) is 19.0. The minimum Gasteiger partial charge on any atom is -0.495 e. The van der Waals surface area contributed by atoms with Crippen LogP contribution in [-0.2, 0) is 9.59 Å². The number of dihydropyridines is 1. The van der Waals surface area contributed by atoms with E-state index in [-0.39, 0.29) is 17.6 Å². The fourth-order valence-electron chi connectivity index (χ4n) is 5.39. The fraction of sp³-hybridized carbons (Fsp3) is 0.267. The van der Waals surface area contributed by atoms with Gasteiger partial charge < -0.3 is 24.8 Å². The molecule has 196 valence electrons. The van der Waals surface area contributed by atoms with Gasteiger partial charge in [-0.15, -0.1) is 0 Å². The van der Waals surface area contributed by atoms with Gasteiger partial charge in [-0.05, 0) is 71.5 Å². The van der Waals surface area contributed by atoms with Crippen LogP contribution < -0.4 is 24.8 Å². The van der Waals surface area contributed by atoms with Gasteiger partial charge in [0.2, 0.25) is 0 Å². The molecule has 2 aliphatic rings. The van der Waals surface area contributed by atoms with E-state index in [1.165, 1.54) is 0 Å². The first-order valence-corrected chi connectivity index (χ1v) is 13.3. The first-order chi connectivity index (χ1) is 18.4. The second-order valence-corrected chi connectivity index (χ2v) is 10.1. The highest BCUT2D eigenvalue weighted by Crippen LogP contribution is 2.47. The van der Waals surface area contributed by atoms with E-state index in [4.69, 9.17) is 14.2 Å². The number of ether oxygens (including phenoxy) is 3. The highest BCUT2D eigenvalue weighted by molar-refractivity contribution is 7.08. The van der Waals surface area contributed by atoms with Gasteiger partial charge in [0.25, 0.3) is 5.91 Å². The van der Waals surface area contributed by atoms with Gasteiger partial charge in [0.15, 0.2) is 17.3 Å². The maximum atomic E-state index is 13.8. The van der Waals surface area contributed by atoms with Crippen molar-refractivity contribution >= 4 is 28.7 Å². The second kappa shape index (κ2) is 10.8. The maximum absolute atomic E-state index is 13.8. The summed E-state index contributed by atoms with van der Waals surface area (Å²) < 4.78 is 16.3. The van der Waals surface area contributed by atoms with Gasteiger partial charge in [0.05, 0.1) is 27.0 Å². The number of anilines is 1.